The summed E-state index contributed by atoms with van der Waals surface area (Å²) in [7, 11) is 0. The molecule has 1 unspecified atom stereocenters. The minimum absolute atomic E-state index is 0.0305. The van der Waals surface area contributed by atoms with Gasteiger partial charge in [-0.05, 0) is 37.1 Å². The first-order valence-corrected chi connectivity index (χ1v) is 6.63. The molecular formula is C14H12BrF3O. The van der Waals surface area contributed by atoms with E-state index in [4.69, 9.17) is 4.42 Å². The first-order valence-electron chi connectivity index (χ1n) is 5.72. The highest BCUT2D eigenvalue weighted by atomic mass is 79.9. The molecule has 2 rings (SSSR count). The molecule has 0 radical (unpaired) electrons. The van der Waals surface area contributed by atoms with E-state index in [0.717, 1.165) is 29.0 Å². The van der Waals surface area contributed by atoms with Gasteiger partial charge >= 0.3 is 6.18 Å². The third kappa shape index (κ3) is 3.41. The molecule has 1 nitrogen and oxygen atoms in total. The Kier molecular flexibility index (Phi) is 4.04. The summed E-state index contributed by atoms with van der Waals surface area (Å²) in [5, 5.41) is 0. The Morgan fingerprint density at radius 3 is 2.26 bits per heavy atom. The minimum Gasteiger partial charge on any atom is -0.469 e. The van der Waals surface area contributed by atoms with Crippen LogP contribution in [0.3, 0.4) is 0 Å². The van der Waals surface area contributed by atoms with Crippen LogP contribution in [0.15, 0.2) is 41.0 Å². The number of rotatable bonds is 3. The minimum atomic E-state index is -4.28. The molecule has 1 atom stereocenters. The Balaban J connectivity index is 2.10. The SMILES string of the molecule is Cc1occc1C(Br)Cc1ccc(C(F)(F)F)cc1. The van der Waals surface area contributed by atoms with Crippen LogP contribution in [0.2, 0.25) is 0 Å². The number of aryl methyl sites for hydroxylation is 1. The van der Waals surface area contributed by atoms with E-state index in [-0.39, 0.29) is 4.83 Å². The fraction of sp³-hybridized carbons (Fsp3) is 0.286. The van der Waals surface area contributed by atoms with Gasteiger partial charge in [0.05, 0.1) is 11.8 Å². The average Bonchev–Trinajstić information content (AvgIpc) is 2.75. The van der Waals surface area contributed by atoms with Gasteiger partial charge in [0, 0.05) is 10.4 Å². The summed E-state index contributed by atoms with van der Waals surface area (Å²) >= 11 is 3.53. The van der Waals surface area contributed by atoms with Gasteiger partial charge in [-0.1, -0.05) is 28.1 Å². The zero-order valence-electron chi connectivity index (χ0n) is 10.2. The van der Waals surface area contributed by atoms with Gasteiger partial charge in [0.15, 0.2) is 0 Å². The van der Waals surface area contributed by atoms with E-state index in [0.29, 0.717) is 6.42 Å². The summed E-state index contributed by atoms with van der Waals surface area (Å²) in [5.74, 6) is 0.814. The number of benzene rings is 1. The summed E-state index contributed by atoms with van der Waals surface area (Å²) in [4.78, 5) is 0.0305. The molecule has 2 aromatic rings. The molecule has 19 heavy (non-hydrogen) atoms. The number of alkyl halides is 4. The molecule has 0 amide bonds. The van der Waals surface area contributed by atoms with Crippen molar-refractivity contribution in [3.05, 3.63) is 59.0 Å². The Bertz CT molecular complexity index is 543. The van der Waals surface area contributed by atoms with Crippen LogP contribution in [0.1, 0.15) is 27.3 Å². The van der Waals surface area contributed by atoms with E-state index < -0.39 is 11.7 Å². The van der Waals surface area contributed by atoms with Crippen molar-refractivity contribution in [1.82, 2.24) is 0 Å². The molecule has 0 aliphatic carbocycles. The zero-order valence-corrected chi connectivity index (χ0v) is 11.8. The standard InChI is InChI=1S/C14H12BrF3O/c1-9-12(6-7-19-9)13(15)8-10-2-4-11(5-3-10)14(16,17)18/h2-7,13H,8H2,1H3. The monoisotopic (exact) mass is 332 g/mol. The maximum atomic E-state index is 12.4. The molecule has 0 aliphatic heterocycles. The van der Waals surface area contributed by atoms with Crippen molar-refractivity contribution < 1.29 is 17.6 Å². The maximum Gasteiger partial charge on any atom is 0.416 e. The van der Waals surface area contributed by atoms with Crippen LogP contribution < -0.4 is 0 Å². The zero-order chi connectivity index (χ0) is 14.0. The molecule has 0 saturated heterocycles. The lowest BCUT2D eigenvalue weighted by molar-refractivity contribution is -0.137. The van der Waals surface area contributed by atoms with Crippen molar-refractivity contribution in [2.45, 2.75) is 24.3 Å². The van der Waals surface area contributed by atoms with Crippen molar-refractivity contribution in [3.8, 4) is 0 Å². The highest BCUT2D eigenvalue weighted by molar-refractivity contribution is 9.09. The third-order valence-corrected chi connectivity index (χ3v) is 3.75. The van der Waals surface area contributed by atoms with E-state index >= 15 is 0 Å². The Morgan fingerprint density at radius 2 is 1.79 bits per heavy atom. The van der Waals surface area contributed by atoms with Gasteiger partial charge < -0.3 is 4.42 Å². The molecule has 1 aromatic heterocycles. The number of furan rings is 1. The second-order valence-corrected chi connectivity index (χ2v) is 5.40. The maximum absolute atomic E-state index is 12.4. The van der Waals surface area contributed by atoms with Gasteiger partial charge in [-0.15, -0.1) is 0 Å². The van der Waals surface area contributed by atoms with Gasteiger partial charge in [0.1, 0.15) is 5.76 Å². The van der Waals surface area contributed by atoms with E-state index in [1.807, 2.05) is 13.0 Å². The van der Waals surface area contributed by atoms with E-state index in [2.05, 4.69) is 15.9 Å². The smallest absolute Gasteiger partial charge is 0.416 e. The van der Waals surface area contributed by atoms with Crippen LogP contribution in [-0.4, -0.2) is 0 Å². The molecule has 5 heteroatoms. The first kappa shape index (κ1) is 14.2. The molecule has 0 bridgehead atoms. The predicted molar refractivity (Wildman–Crippen MR) is 70.3 cm³/mol. The Hall–Kier alpha value is -1.23. The van der Waals surface area contributed by atoms with Gasteiger partial charge in [-0.25, -0.2) is 0 Å². The highest BCUT2D eigenvalue weighted by Crippen LogP contribution is 2.32. The number of hydrogen-bond acceptors (Lipinski definition) is 1. The predicted octanol–water partition coefficient (Wildman–Crippen LogP) is 5.29. The molecule has 102 valence electrons. The molecule has 1 heterocycles. The lowest BCUT2D eigenvalue weighted by atomic mass is 10.0. The quantitative estimate of drug-likeness (QED) is 0.696. The lowest BCUT2D eigenvalue weighted by Gasteiger charge is -2.11. The van der Waals surface area contributed by atoms with Crippen LogP contribution in [0.25, 0.3) is 0 Å². The van der Waals surface area contributed by atoms with E-state index in [1.165, 1.54) is 12.1 Å². The summed E-state index contributed by atoms with van der Waals surface area (Å²) in [6.07, 6.45) is -2.07. The van der Waals surface area contributed by atoms with Crippen molar-refractivity contribution in [2.75, 3.05) is 0 Å². The molecule has 0 fully saturated rings. The normalized spacial score (nSPS) is 13.5. The number of halogens is 4. The summed E-state index contributed by atoms with van der Waals surface area (Å²) < 4.78 is 42.5. The van der Waals surface area contributed by atoms with Crippen LogP contribution in [-0.2, 0) is 12.6 Å². The van der Waals surface area contributed by atoms with E-state index in [9.17, 15) is 13.2 Å². The molecule has 0 N–H and O–H groups in total. The summed E-state index contributed by atoms with van der Waals surface area (Å²) in [6.45, 7) is 1.86. The highest BCUT2D eigenvalue weighted by Gasteiger charge is 2.30. The van der Waals surface area contributed by atoms with Gasteiger partial charge in [-0.2, -0.15) is 13.2 Å². The van der Waals surface area contributed by atoms with Gasteiger partial charge in [0.25, 0.3) is 0 Å². The largest absolute Gasteiger partial charge is 0.469 e. The topological polar surface area (TPSA) is 13.1 Å². The lowest BCUT2D eigenvalue weighted by Crippen LogP contribution is -2.05. The van der Waals surface area contributed by atoms with Crippen molar-refractivity contribution in [1.29, 1.82) is 0 Å². The average molecular weight is 333 g/mol. The van der Waals surface area contributed by atoms with Crippen LogP contribution in [0.5, 0.6) is 0 Å². The fourth-order valence-corrected chi connectivity index (χ4v) is 2.72. The van der Waals surface area contributed by atoms with Crippen molar-refractivity contribution in [2.24, 2.45) is 0 Å². The summed E-state index contributed by atoms with van der Waals surface area (Å²) in [5.41, 5.74) is 1.23. The molecule has 1 aromatic carbocycles. The second kappa shape index (κ2) is 5.41. The van der Waals surface area contributed by atoms with Gasteiger partial charge in [-0.3, -0.25) is 0 Å². The molecule has 0 aliphatic rings. The Morgan fingerprint density at radius 1 is 1.16 bits per heavy atom. The van der Waals surface area contributed by atoms with Crippen molar-refractivity contribution >= 4 is 15.9 Å². The molecular weight excluding hydrogens is 321 g/mol. The first-order chi connectivity index (χ1) is 8.88. The fourth-order valence-electron chi connectivity index (χ4n) is 1.87. The summed E-state index contributed by atoms with van der Waals surface area (Å²) in [6, 6.07) is 7.09. The number of hydrogen-bond donors (Lipinski definition) is 0. The molecule has 0 saturated carbocycles. The van der Waals surface area contributed by atoms with Crippen LogP contribution in [0.4, 0.5) is 13.2 Å². The second-order valence-electron chi connectivity index (χ2n) is 4.30. The van der Waals surface area contributed by atoms with E-state index in [1.54, 1.807) is 6.26 Å². The third-order valence-electron chi connectivity index (χ3n) is 2.93. The van der Waals surface area contributed by atoms with Crippen LogP contribution in [0, 0.1) is 6.92 Å². The van der Waals surface area contributed by atoms with Crippen LogP contribution >= 0.6 is 15.9 Å². The molecule has 0 spiro atoms. The van der Waals surface area contributed by atoms with Gasteiger partial charge in [0.2, 0.25) is 0 Å². The Labute approximate surface area is 117 Å². The van der Waals surface area contributed by atoms with Crippen molar-refractivity contribution in [3.63, 3.8) is 0 Å².